The van der Waals surface area contributed by atoms with Gasteiger partial charge in [0.2, 0.25) is 0 Å². The van der Waals surface area contributed by atoms with Crippen molar-refractivity contribution in [3.05, 3.63) is 29.8 Å². The van der Waals surface area contributed by atoms with E-state index in [2.05, 4.69) is 6.92 Å². The van der Waals surface area contributed by atoms with Gasteiger partial charge in [0.05, 0.1) is 20.3 Å². The summed E-state index contributed by atoms with van der Waals surface area (Å²) in [5.41, 5.74) is 7.02. The van der Waals surface area contributed by atoms with Crippen molar-refractivity contribution >= 4 is 0 Å². The fourth-order valence-corrected chi connectivity index (χ4v) is 2.16. The Bertz CT molecular complexity index is 348. The van der Waals surface area contributed by atoms with Gasteiger partial charge in [0, 0.05) is 6.04 Å². The summed E-state index contributed by atoms with van der Waals surface area (Å²) in [5.74, 6) is 2.23. The normalized spacial score (nSPS) is 24.4. The Morgan fingerprint density at radius 1 is 1.35 bits per heavy atom. The van der Waals surface area contributed by atoms with Gasteiger partial charge in [-0.25, -0.2) is 0 Å². The van der Waals surface area contributed by atoms with Crippen LogP contribution in [-0.4, -0.2) is 19.8 Å². The average Bonchev–Trinajstić information content (AvgIpc) is 3.10. The number of methoxy groups -OCH3 is 1. The molecule has 0 bridgehead atoms. The van der Waals surface area contributed by atoms with Crippen LogP contribution in [0.1, 0.15) is 18.9 Å². The van der Waals surface area contributed by atoms with E-state index in [0.29, 0.717) is 24.5 Å². The quantitative estimate of drug-likeness (QED) is 0.822. The lowest BCUT2D eigenvalue weighted by molar-refractivity contribution is 0.107. The minimum atomic E-state index is 0.310. The first-order valence-electron chi connectivity index (χ1n) is 6.17. The molecule has 1 aliphatic rings. The molecule has 0 saturated heterocycles. The maximum absolute atomic E-state index is 5.83. The van der Waals surface area contributed by atoms with E-state index >= 15 is 0 Å². The summed E-state index contributed by atoms with van der Waals surface area (Å²) in [7, 11) is 1.67. The van der Waals surface area contributed by atoms with Crippen molar-refractivity contribution in [1.29, 1.82) is 0 Å². The smallest absolute Gasteiger partial charge is 0.118 e. The number of hydrogen-bond donors (Lipinski definition) is 1. The summed E-state index contributed by atoms with van der Waals surface area (Å²) >= 11 is 0. The van der Waals surface area contributed by atoms with E-state index in [4.69, 9.17) is 15.2 Å². The van der Waals surface area contributed by atoms with Gasteiger partial charge in [-0.15, -0.1) is 0 Å². The molecule has 1 aliphatic carbocycles. The first-order chi connectivity index (χ1) is 8.20. The van der Waals surface area contributed by atoms with Gasteiger partial charge in [0.25, 0.3) is 0 Å². The second-order valence-corrected chi connectivity index (χ2v) is 4.88. The molecule has 0 radical (unpaired) electrons. The molecule has 17 heavy (non-hydrogen) atoms. The van der Waals surface area contributed by atoms with Gasteiger partial charge in [0.1, 0.15) is 5.75 Å². The predicted molar refractivity (Wildman–Crippen MR) is 67.9 cm³/mol. The molecule has 1 saturated carbocycles. The minimum absolute atomic E-state index is 0.310. The van der Waals surface area contributed by atoms with Crippen molar-refractivity contribution < 1.29 is 9.47 Å². The second kappa shape index (κ2) is 5.52. The van der Waals surface area contributed by atoms with Gasteiger partial charge >= 0.3 is 0 Å². The highest BCUT2D eigenvalue weighted by molar-refractivity contribution is 5.26. The fraction of sp³-hybridized carbons (Fsp3) is 0.571. The lowest BCUT2D eigenvalue weighted by Crippen LogP contribution is -2.19. The number of benzene rings is 1. The molecule has 94 valence electrons. The van der Waals surface area contributed by atoms with E-state index in [-0.39, 0.29) is 0 Å². The van der Waals surface area contributed by atoms with Crippen LogP contribution >= 0.6 is 0 Å². The zero-order chi connectivity index (χ0) is 12.3. The first-order valence-corrected chi connectivity index (χ1v) is 6.17. The van der Waals surface area contributed by atoms with E-state index in [1.165, 1.54) is 12.0 Å². The van der Waals surface area contributed by atoms with Crippen LogP contribution in [0.5, 0.6) is 5.75 Å². The Kier molecular flexibility index (Phi) is 4.02. The van der Waals surface area contributed by atoms with Crippen LogP contribution in [0.25, 0.3) is 0 Å². The number of hydrogen-bond acceptors (Lipinski definition) is 3. The lowest BCUT2D eigenvalue weighted by atomic mass is 10.2. The van der Waals surface area contributed by atoms with E-state index in [9.17, 15) is 0 Å². The van der Waals surface area contributed by atoms with Gasteiger partial charge < -0.3 is 15.2 Å². The molecule has 3 atom stereocenters. The largest absolute Gasteiger partial charge is 0.497 e. The van der Waals surface area contributed by atoms with Gasteiger partial charge in [-0.05, 0) is 42.9 Å². The van der Waals surface area contributed by atoms with Crippen LogP contribution in [0, 0.1) is 11.8 Å². The van der Waals surface area contributed by atoms with E-state index < -0.39 is 0 Å². The van der Waals surface area contributed by atoms with Crippen LogP contribution < -0.4 is 10.5 Å². The van der Waals surface area contributed by atoms with Gasteiger partial charge in [-0.1, -0.05) is 12.1 Å². The summed E-state index contributed by atoms with van der Waals surface area (Å²) in [5, 5.41) is 0. The maximum atomic E-state index is 5.83. The number of nitrogens with two attached hydrogens (primary N) is 1. The zero-order valence-corrected chi connectivity index (χ0v) is 10.6. The third-order valence-corrected chi connectivity index (χ3v) is 3.41. The number of rotatable bonds is 6. The molecule has 0 heterocycles. The molecule has 3 heteroatoms. The van der Waals surface area contributed by atoms with Crippen molar-refractivity contribution in [2.75, 3.05) is 13.7 Å². The molecule has 3 unspecified atom stereocenters. The summed E-state index contributed by atoms with van der Waals surface area (Å²) in [6.45, 7) is 3.58. The molecule has 0 amide bonds. The molecule has 3 nitrogen and oxygen atoms in total. The highest BCUT2D eigenvalue weighted by atomic mass is 16.5. The van der Waals surface area contributed by atoms with Crippen LogP contribution in [0.2, 0.25) is 0 Å². The van der Waals surface area contributed by atoms with Crippen molar-refractivity contribution in [2.45, 2.75) is 26.0 Å². The molecular weight excluding hydrogens is 214 g/mol. The molecule has 1 aromatic carbocycles. The third-order valence-electron chi connectivity index (χ3n) is 3.41. The molecule has 2 rings (SSSR count). The molecular formula is C14H21NO2. The molecule has 0 spiro atoms. The Balaban J connectivity index is 1.68. The first kappa shape index (κ1) is 12.4. The van der Waals surface area contributed by atoms with Crippen LogP contribution in [0.15, 0.2) is 24.3 Å². The summed E-state index contributed by atoms with van der Waals surface area (Å²) in [4.78, 5) is 0. The zero-order valence-electron chi connectivity index (χ0n) is 10.6. The van der Waals surface area contributed by atoms with Gasteiger partial charge in [-0.3, -0.25) is 0 Å². The highest BCUT2D eigenvalue weighted by Gasteiger charge is 2.39. The summed E-state index contributed by atoms with van der Waals surface area (Å²) in [6.07, 6.45) is 1.22. The molecule has 1 aromatic rings. The lowest BCUT2D eigenvalue weighted by Gasteiger charge is -2.06. The van der Waals surface area contributed by atoms with Crippen molar-refractivity contribution in [3.63, 3.8) is 0 Å². The SMILES string of the molecule is COc1ccc(COCC2CC2C(C)N)cc1. The third kappa shape index (κ3) is 3.45. The Labute approximate surface area is 103 Å². The minimum Gasteiger partial charge on any atom is -0.497 e. The van der Waals surface area contributed by atoms with Crippen molar-refractivity contribution in [3.8, 4) is 5.75 Å². The Morgan fingerprint density at radius 3 is 2.59 bits per heavy atom. The van der Waals surface area contributed by atoms with Crippen LogP contribution in [-0.2, 0) is 11.3 Å². The Morgan fingerprint density at radius 2 is 2.06 bits per heavy atom. The second-order valence-electron chi connectivity index (χ2n) is 4.88. The van der Waals surface area contributed by atoms with Crippen LogP contribution in [0.4, 0.5) is 0 Å². The van der Waals surface area contributed by atoms with Crippen molar-refractivity contribution in [1.82, 2.24) is 0 Å². The predicted octanol–water partition coefficient (Wildman–Crippen LogP) is 2.20. The maximum Gasteiger partial charge on any atom is 0.118 e. The molecule has 0 aromatic heterocycles. The highest BCUT2D eigenvalue weighted by Crippen LogP contribution is 2.40. The van der Waals surface area contributed by atoms with Gasteiger partial charge in [0.15, 0.2) is 0 Å². The van der Waals surface area contributed by atoms with E-state index in [1.807, 2.05) is 24.3 Å². The average molecular weight is 235 g/mol. The van der Waals surface area contributed by atoms with Gasteiger partial charge in [-0.2, -0.15) is 0 Å². The fourth-order valence-electron chi connectivity index (χ4n) is 2.16. The molecule has 1 fully saturated rings. The Hall–Kier alpha value is -1.06. The number of ether oxygens (including phenoxy) is 2. The molecule has 0 aliphatic heterocycles. The van der Waals surface area contributed by atoms with Crippen molar-refractivity contribution in [2.24, 2.45) is 17.6 Å². The van der Waals surface area contributed by atoms with E-state index in [1.54, 1.807) is 7.11 Å². The summed E-state index contributed by atoms with van der Waals surface area (Å²) in [6, 6.07) is 8.30. The topological polar surface area (TPSA) is 44.5 Å². The monoisotopic (exact) mass is 235 g/mol. The van der Waals surface area contributed by atoms with Crippen LogP contribution in [0.3, 0.4) is 0 Å². The van der Waals surface area contributed by atoms with E-state index in [0.717, 1.165) is 12.4 Å². The summed E-state index contributed by atoms with van der Waals surface area (Å²) < 4.78 is 10.8. The standard InChI is InChI=1S/C14H21NO2/c1-10(15)14-7-12(14)9-17-8-11-3-5-13(16-2)6-4-11/h3-6,10,12,14H,7-9,15H2,1-2H3. The molecule has 2 N–H and O–H groups in total.